The fourth-order valence-corrected chi connectivity index (χ4v) is 1.80. The maximum absolute atomic E-state index is 6.10. The molecule has 0 bridgehead atoms. The highest BCUT2D eigenvalue weighted by Gasteiger charge is 2.10. The Kier molecular flexibility index (Phi) is 5.59. The molecule has 0 saturated carbocycles. The first-order valence-corrected chi connectivity index (χ1v) is 6.31. The lowest BCUT2D eigenvalue weighted by Gasteiger charge is -2.12. The molecule has 0 radical (unpaired) electrons. The monoisotopic (exact) mass is 263 g/mol. The Hall–Kier alpha value is -0.250. The van der Waals surface area contributed by atoms with E-state index in [0.717, 1.165) is 36.6 Å². The van der Waals surface area contributed by atoms with Crippen molar-refractivity contribution in [3.05, 3.63) is 16.9 Å². The molecule has 3 nitrogen and oxygen atoms in total. The van der Waals surface area contributed by atoms with Crippen LogP contribution in [0.15, 0.2) is 6.20 Å². The third-order valence-corrected chi connectivity index (χ3v) is 2.97. The van der Waals surface area contributed by atoms with Crippen LogP contribution in [0.1, 0.15) is 19.0 Å². The van der Waals surface area contributed by atoms with Crippen molar-refractivity contribution in [1.82, 2.24) is 14.7 Å². The van der Waals surface area contributed by atoms with Crippen LogP contribution in [0.2, 0.25) is 5.02 Å². The quantitative estimate of drug-likeness (QED) is 0.736. The Labute approximate surface area is 107 Å². The van der Waals surface area contributed by atoms with Gasteiger partial charge < -0.3 is 4.90 Å². The van der Waals surface area contributed by atoms with Crippen molar-refractivity contribution < 1.29 is 0 Å². The van der Waals surface area contributed by atoms with Crippen LogP contribution in [0.5, 0.6) is 0 Å². The van der Waals surface area contributed by atoms with Crippen molar-refractivity contribution in [2.45, 2.75) is 31.7 Å². The number of halogens is 2. The molecule has 0 spiro atoms. The Morgan fingerprint density at radius 2 is 2.19 bits per heavy atom. The highest BCUT2D eigenvalue weighted by molar-refractivity contribution is 6.31. The molecule has 1 unspecified atom stereocenters. The first-order chi connectivity index (χ1) is 7.50. The second-order valence-electron chi connectivity index (χ2n) is 4.29. The van der Waals surface area contributed by atoms with E-state index >= 15 is 0 Å². The summed E-state index contributed by atoms with van der Waals surface area (Å²) in [5, 5.41) is 5.20. The summed E-state index contributed by atoms with van der Waals surface area (Å²) in [7, 11) is 4.09. The molecule has 1 aromatic rings. The first-order valence-electron chi connectivity index (χ1n) is 5.49. The summed E-state index contributed by atoms with van der Waals surface area (Å²) < 4.78 is 1.97. The molecule has 1 rings (SSSR count). The van der Waals surface area contributed by atoms with Gasteiger partial charge in [0.2, 0.25) is 0 Å². The maximum atomic E-state index is 6.10. The standard InChI is InChI=1S/C11H19Cl2N3/c1-9(12)4-5-11-10(13)8-14-16(11)7-6-15(2)3/h8-9H,4-7H2,1-3H3. The lowest BCUT2D eigenvalue weighted by molar-refractivity contribution is 0.369. The van der Waals surface area contributed by atoms with E-state index in [0.29, 0.717) is 0 Å². The van der Waals surface area contributed by atoms with Crippen LogP contribution in [-0.2, 0) is 13.0 Å². The van der Waals surface area contributed by atoms with E-state index in [9.17, 15) is 0 Å². The fraction of sp³-hybridized carbons (Fsp3) is 0.727. The van der Waals surface area contributed by atoms with Gasteiger partial charge >= 0.3 is 0 Å². The molecule has 0 aliphatic rings. The fourth-order valence-electron chi connectivity index (χ4n) is 1.46. The van der Waals surface area contributed by atoms with Gasteiger partial charge in [0, 0.05) is 11.9 Å². The summed E-state index contributed by atoms with van der Waals surface area (Å²) in [5.41, 5.74) is 1.09. The zero-order valence-corrected chi connectivity index (χ0v) is 11.6. The first kappa shape index (κ1) is 13.8. The number of nitrogens with zero attached hydrogens (tertiary/aromatic N) is 3. The minimum Gasteiger partial charge on any atom is -0.308 e. The van der Waals surface area contributed by atoms with Crippen molar-refractivity contribution >= 4 is 23.2 Å². The zero-order chi connectivity index (χ0) is 12.1. The van der Waals surface area contributed by atoms with Crippen LogP contribution in [0, 0.1) is 0 Å². The minimum absolute atomic E-state index is 0.174. The van der Waals surface area contributed by atoms with Gasteiger partial charge in [-0.05, 0) is 33.9 Å². The Bertz CT molecular complexity index is 321. The highest BCUT2D eigenvalue weighted by atomic mass is 35.5. The van der Waals surface area contributed by atoms with Gasteiger partial charge in [0.15, 0.2) is 0 Å². The molecule has 5 heteroatoms. The molecule has 1 heterocycles. The third-order valence-electron chi connectivity index (χ3n) is 2.44. The molecule has 0 fully saturated rings. The van der Waals surface area contributed by atoms with E-state index in [4.69, 9.17) is 23.2 Å². The smallest absolute Gasteiger partial charge is 0.0817 e. The summed E-state index contributed by atoms with van der Waals surface area (Å²) in [5.74, 6) is 0. The molecule has 16 heavy (non-hydrogen) atoms. The van der Waals surface area contributed by atoms with Crippen LogP contribution >= 0.6 is 23.2 Å². The van der Waals surface area contributed by atoms with Crippen LogP contribution in [0.3, 0.4) is 0 Å². The van der Waals surface area contributed by atoms with Gasteiger partial charge in [-0.3, -0.25) is 4.68 Å². The number of likely N-dealkylation sites (N-methyl/N-ethyl adjacent to an activating group) is 1. The molecule has 0 aliphatic heterocycles. The van der Waals surface area contributed by atoms with Gasteiger partial charge in [-0.15, -0.1) is 11.6 Å². The Morgan fingerprint density at radius 3 is 2.75 bits per heavy atom. The number of alkyl halides is 1. The van der Waals surface area contributed by atoms with Crippen molar-refractivity contribution in [1.29, 1.82) is 0 Å². The molecule has 1 atom stereocenters. The van der Waals surface area contributed by atoms with Crippen LogP contribution in [-0.4, -0.2) is 40.7 Å². The van der Waals surface area contributed by atoms with E-state index in [-0.39, 0.29) is 5.38 Å². The van der Waals surface area contributed by atoms with Crippen LogP contribution in [0.4, 0.5) is 0 Å². The largest absolute Gasteiger partial charge is 0.308 e. The van der Waals surface area contributed by atoms with Crippen LogP contribution in [0.25, 0.3) is 0 Å². The summed E-state index contributed by atoms with van der Waals surface area (Å²) in [6.07, 6.45) is 3.53. The molecule has 0 aromatic carbocycles. The van der Waals surface area contributed by atoms with Gasteiger partial charge in [0.1, 0.15) is 0 Å². The average molecular weight is 264 g/mol. The third kappa shape index (κ3) is 4.32. The zero-order valence-electron chi connectivity index (χ0n) is 10.1. The molecular weight excluding hydrogens is 245 g/mol. The summed E-state index contributed by atoms with van der Waals surface area (Å²) in [4.78, 5) is 2.13. The lowest BCUT2D eigenvalue weighted by Crippen LogP contribution is -2.20. The van der Waals surface area contributed by atoms with Crippen molar-refractivity contribution in [3.63, 3.8) is 0 Å². The average Bonchev–Trinajstić information content (AvgIpc) is 2.53. The van der Waals surface area contributed by atoms with Gasteiger partial charge in [0.25, 0.3) is 0 Å². The SMILES string of the molecule is CC(Cl)CCc1c(Cl)cnn1CCN(C)C. The van der Waals surface area contributed by atoms with E-state index in [1.807, 2.05) is 25.7 Å². The second-order valence-corrected chi connectivity index (χ2v) is 5.44. The molecular formula is C11H19Cl2N3. The van der Waals surface area contributed by atoms with E-state index in [1.54, 1.807) is 6.20 Å². The summed E-state index contributed by atoms with van der Waals surface area (Å²) in [6, 6.07) is 0. The predicted molar refractivity (Wildman–Crippen MR) is 69.4 cm³/mol. The topological polar surface area (TPSA) is 21.1 Å². The number of rotatable bonds is 6. The van der Waals surface area contributed by atoms with E-state index in [1.165, 1.54) is 0 Å². The summed E-state index contributed by atoms with van der Waals surface area (Å²) in [6.45, 7) is 3.82. The highest BCUT2D eigenvalue weighted by Crippen LogP contribution is 2.18. The molecule has 0 amide bonds. The van der Waals surface area contributed by atoms with Crippen LogP contribution < -0.4 is 0 Å². The molecule has 0 saturated heterocycles. The van der Waals surface area contributed by atoms with E-state index in [2.05, 4.69) is 10.00 Å². The van der Waals surface area contributed by atoms with Gasteiger partial charge in [-0.25, -0.2) is 0 Å². The normalized spacial score (nSPS) is 13.4. The van der Waals surface area contributed by atoms with Gasteiger partial charge in [-0.2, -0.15) is 5.10 Å². The number of hydrogen-bond acceptors (Lipinski definition) is 2. The second kappa shape index (κ2) is 6.48. The van der Waals surface area contributed by atoms with Gasteiger partial charge in [-0.1, -0.05) is 11.6 Å². The molecule has 1 aromatic heterocycles. The number of aromatic nitrogens is 2. The minimum atomic E-state index is 0.174. The maximum Gasteiger partial charge on any atom is 0.0817 e. The molecule has 0 aliphatic carbocycles. The van der Waals surface area contributed by atoms with Crippen molar-refractivity contribution in [3.8, 4) is 0 Å². The molecule has 0 N–H and O–H groups in total. The van der Waals surface area contributed by atoms with Crippen molar-refractivity contribution in [2.24, 2.45) is 0 Å². The Balaban J connectivity index is 2.62. The van der Waals surface area contributed by atoms with Crippen molar-refractivity contribution in [2.75, 3.05) is 20.6 Å². The predicted octanol–water partition coefficient (Wildman–Crippen LogP) is 2.66. The lowest BCUT2D eigenvalue weighted by atomic mass is 10.2. The Morgan fingerprint density at radius 1 is 1.50 bits per heavy atom. The number of hydrogen-bond donors (Lipinski definition) is 0. The van der Waals surface area contributed by atoms with E-state index < -0.39 is 0 Å². The molecule has 92 valence electrons. The van der Waals surface area contributed by atoms with Gasteiger partial charge in [0.05, 0.1) is 23.5 Å². The summed E-state index contributed by atoms with van der Waals surface area (Å²) >= 11 is 12.0.